The van der Waals surface area contributed by atoms with Crippen LogP contribution in [0.25, 0.3) is 0 Å². The summed E-state index contributed by atoms with van der Waals surface area (Å²) in [5, 5.41) is 1.02. The van der Waals surface area contributed by atoms with Gasteiger partial charge in [-0.3, -0.25) is 0 Å². The fourth-order valence-electron chi connectivity index (χ4n) is 1.74. The van der Waals surface area contributed by atoms with Crippen molar-refractivity contribution in [1.29, 1.82) is 0 Å². The van der Waals surface area contributed by atoms with Crippen molar-refractivity contribution in [2.45, 2.75) is 6.42 Å². The van der Waals surface area contributed by atoms with Gasteiger partial charge in [0, 0.05) is 26.5 Å². The highest BCUT2D eigenvalue weighted by molar-refractivity contribution is 7.80. The summed E-state index contributed by atoms with van der Waals surface area (Å²) < 4.78 is 16.4. The molecular formula is C11H18O3SSi. The van der Waals surface area contributed by atoms with Gasteiger partial charge in [-0.05, 0) is 17.7 Å². The second-order valence-corrected chi connectivity index (χ2v) is 6.62. The van der Waals surface area contributed by atoms with Crippen molar-refractivity contribution in [1.82, 2.24) is 0 Å². The van der Waals surface area contributed by atoms with Crippen molar-refractivity contribution in [3.63, 3.8) is 0 Å². The zero-order valence-electron chi connectivity index (χ0n) is 9.90. The van der Waals surface area contributed by atoms with Gasteiger partial charge < -0.3 is 13.3 Å². The Hall–Kier alpha value is -0.333. The molecule has 0 fully saturated rings. The molecule has 90 valence electrons. The molecule has 0 unspecified atom stereocenters. The average molecular weight is 258 g/mol. The van der Waals surface area contributed by atoms with Crippen LogP contribution in [0.15, 0.2) is 24.3 Å². The van der Waals surface area contributed by atoms with Gasteiger partial charge in [0.2, 0.25) is 0 Å². The fraction of sp³-hybridized carbons (Fsp3) is 0.455. The number of hydrogen-bond donors (Lipinski definition) is 1. The minimum atomic E-state index is -2.71. The number of hydrogen-bond acceptors (Lipinski definition) is 4. The molecule has 16 heavy (non-hydrogen) atoms. The number of rotatable bonds is 6. The van der Waals surface area contributed by atoms with Gasteiger partial charge in [0.1, 0.15) is 0 Å². The molecule has 0 bridgehead atoms. The van der Waals surface area contributed by atoms with Crippen LogP contribution in [-0.4, -0.2) is 35.9 Å². The second-order valence-electron chi connectivity index (χ2n) is 3.30. The van der Waals surface area contributed by atoms with E-state index in [0.717, 1.165) is 17.4 Å². The number of aryl methyl sites for hydroxylation is 1. The van der Waals surface area contributed by atoms with Crippen molar-refractivity contribution in [2.75, 3.05) is 27.1 Å². The molecule has 0 amide bonds. The van der Waals surface area contributed by atoms with Gasteiger partial charge in [0.25, 0.3) is 0 Å². The summed E-state index contributed by atoms with van der Waals surface area (Å²) in [5.41, 5.74) is 1.18. The van der Waals surface area contributed by atoms with E-state index in [-0.39, 0.29) is 0 Å². The largest absolute Gasteiger partial charge is 0.536 e. The monoisotopic (exact) mass is 258 g/mol. The van der Waals surface area contributed by atoms with Gasteiger partial charge in [-0.25, -0.2) is 0 Å². The van der Waals surface area contributed by atoms with Crippen LogP contribution in [0.2, 0.25) is 0 Å². The maximum atomic E-state index is 5.48. The predicted octanol–water partition coefficient (Wildman–Crippen LogP) is 1.24. The molecule has 0 aliphatic carbocycles. The normalized spacial score (nSPS) is 11.8. The Balaban J connectivity index is 3.17. The van der Waals surface area contributed by atoms with Crippen LogP contribution in [0.5, 0.6) is 0 Å². The van der Waals surface area contributed by atoms with Crippen LogP contribution < -0.4 is 5.19 Å². The zero-order chi connectivity index (χ0) is 12.0. The van der Waals surface area contributed by atoms with Crippen LogP contribution >= 0.6 is 12.6 Å². The van der Waals surface area contributed by atoms with E-state index in [1.165, 1.54) is 5.56 Å². The fourth-order valence-corrected chi connectivity index (χ4v) is 4.04. The minimum Gasteiger partial charge on any atom is -0.373 e. The topological polar surface area (TPSA) is 27.7 Å². The minimum absolute atomic E-state index is 0.790. The maximum Gasteiger partial charge on any atom is 0.536 e. The molecule has 0 saturated carbocycles. The van der Waals surface area contributed by atoms with E-state index < -0.39 is 8.80 Å². The van der Waals surface area contributed by atoms with Gasteiger partial charge in [-0.2, -0.15) is 12.6 Å². The Kier molecular flexibility index (Phi) is 5.50. The Labute approximate surface area is 104 Å². The number of thiol groups is 1. The molecule has 0 radical (unpaired) electrons. The molecule has 0 aromatic heterocycles. The molecule has 5 heteroatoms. The van der Waals surface area contributed by atoms with Gasteiger partial charge in [0.05, 0.1) is 0 Å². The third-order valence-corrected chi connectivity index (χ3v) is 5.52. The lowest BCUT2D eigenvalue weighted by molar-refractivity contribution is 0.140. The lowest BCUT2D eigenvalue weighted by Crippen LogP contribution is -2.56. The molecule has 0 N–H and O–H groups in total. The summed E-state index contributed by atoms with van der Waals surface area (Å²) in [6.07, 6.45) is 0.879. The smallest absolute Gasteiger partial charge is 0.373 e. The van der Waals surface area contributed by atoms with Crippen LogP contribution in [0.1, 0.15) is 5.56 Å². The first-order valence-corrected chi connectivity index (χ1v) is 7.44. The highest BCUT2D eigenvalue weighted by Crippen LogP contribution is 2.11. The maximum absolute atomic E-state index is 5.48. The van der Waals surface area contributed by atoms with E-state index in [1.807, 2.05) is 18.2 Å². The van der Waals surface area contributed by atoms with E-state index in [9.17, 15) is 0 Å². The second kappa shape index (κ2) is 6.41. The Morgan fingerprint density at radius 2 is 1.62 bits per heavy atom. The highest BCUT2D eigenvalue weighted by atomic mass is 32.1. The molecule has 0 saturated heterocycles. The molecule has 3 nitrogen and oxygen atoms in total. The highest BCUT2D eigenvalue weighted by Gasteiger charge is 2.42. The summed E-state index contributed by atoms with van der Waals surface area (Å²) in [4.78, 5) is 0. The summed E-state index contributed by atoms with van der Waals surface area (Å²) in [6.45, 7) is 0. The van der Waals surface area contributed by atoms with Crippen molar-refractivity contribution in [3.05, 3.63) is 29.8 Å². The summed E-state index contributed by atoms with van der Waals surface area (Å²) in [7, 11) is 2.16. The van der Waals surface area contributed by atoms with Crippen molar-refractivity contribution in [3.8, 4) is 0 Å². The van der Waals surface area contributed by atoms with E-state index in [0.29, 0.717) is 0 Å². The molecule has 1 aromatic carbocycles. The predicted molar refractivity (Wildman–Crippen MR) is 70.4 cm³/mol. The third-order valence-electron chi connectivity index (χ3n) is 2.53. The van der Waals surface area contributed by atoms with Crippen LogP contribution in [-0.2, 0) is 19.7 Å². The molecule has 1 aromatic rings. The van der Waals surface area contributed by atoms with Gasteiger partial charge in [-0.15, -0.1) is 0 Å². The lowest BCUT2D eigenvalue weighted by atomic mass is 10.2. The van der Waals surface area contributed by atoms with Gasteiger partial charge in [0.15, 0.2) is 0 Å². The molecular weight excluding hydrogens is 240 g/mol. The van der Waals surface area contributed by atoms with Crippen LogP contribution in [0.4, 0.5) is 0 Å². The Morgan fingerprint density at radius 1 is 1.06 bits per heavy atom. The van der Waals surface area contributed by atoms with E-state index in [2.05, 4.69) is 18.7 Å². The van der Waals surface area contributed by atoms with Crippen molar-refractivity contribution < 1.29 is 13.3 Å². The van der Waals surface area contributed by atoms with Crippen molar-refractivity contribution >= 4 is 26.6 Å². The standard InChI is InChI=1S/C11H18O3SSi/c1-12-16(13-2,14-3)11-7-5-4-6-10(11)8-9-15/h4-7,15H,8-9H2,1-3H3. The molecule has 0 atom stereocenters. The van der Waals surface area contributed by atoms with Gasteiger partial charge >= 0.3 is 8.80 Å². The van der Waals surface area contributed by atoms with Crippen LogP contribution in [0, 0.1) is 0 Å². The Morgan fingerprint density at radius 3 is 2.12 bits per heavy atom. The first-order valence-electron chi connectivity index (χ1n) is 5.08. The van der Waals surface area contributed by atoms with E-state index in [4.69, 9.17) is 13.3 Å². The summed E-state index contributed by atoms with van der Waals surface area (Å²) >= 11 is 4.26. The zero-order valence-corrected chi connectivity index (χ0v) is 11.8. The van der Waals surface area contributed by atoms with Crippen LogP contribution in [0.3, 0.4) is 0 Å². The SMILES string of the molecule is CO[Si](OC)(OC)c1ccccc1CCS. The summed E-state index contributed by atoms with van der Waals surface area (Å²) in [5.74, 6) is 0.790. The first-order chi connectivity index (χ1) is 7.74. The van der Waals surface area contributed by atoms with Crippen molar-refractivity contribution in [2.24, 2.45) is 0 Å². The first kappa shape index (κ1) is 13.7. The number of benzene rings is 1. The van der Waals surface area contributed by atoms with Gasteiger partial charge in [-0.1, -0.05) is 24.3 Å². The van der Waals surface area contributed by atoms with E-state index >= 15 is 0 Å². The summed E-state index contributed by atoms with van der Waals surface area (Å²) in [6, 6.07) is 8.03. The quantitative estimate of drug-likeness (QED) is 0.615. The van der Waals surface area contributed by atoms with E-state index in [1.54, 1.807) is 21.3 Å². The molecule has 0 heterocycles. The lowest BCUT2D eigenvalue weighted by Gasteiger charge is -2.26. The molecule has 0 aliphatic heterocycles. The molecule has 0 spiro atoms. The average Bonchev–Trinajstić information content (AvgIpc) is 2.34. The molecule has 1 rings (SSSR count). The third kappa shape index (κ3) is 2.67. The molecule has 0 aliphatic rings. The Bertz CT molecular complexity index is 320.